The zero-order chi connectivity index (χ0) is 17.6. The fourth-order valence-corrected chi connectivity index (χ4v) is 4.79. The van der Waals surface area contributed by atoms with Crippen molar-refractivity contribution in [2.45, 2.75) is 202 Å². The molecule has 0 saturated carbocycles. The molecule has 0 spiro atoms. The summed E-state index contributed by atoms with van der Waals surface area (Å²) in [6.07, 6.45) is 5.40. The normalized spacial score (nSPS) is 11.5. The summed E-state index contributed by atoms with van der Waals surface area (Å²) in [5.74, 6) is 0.588. The first-order valence-corrected chi connectivity index (χ1v) is 9.43. The van der Waals surface area contributed by atoms with E-state index in [1.54, 1.807) is 0 Å². The number of carbonyl (C=O) groups is 1. The van der Waals surface area contributed by atoms with E-state index in [0.29, 0.717) is 29.9 Å². The van der Waals surface area contributed by atoms with Gasteiger partial charge in [-0.25, -0.2) is 0 Å². The maximum atomic E-state index is 11.8. The Balaban J connectivity index is -0.0000000210. The van der Waals surface area contributed by atoms with E-state index in [1.165, 1.54) is 0 Å². The van der Waals surface area contributed by atoms with E-state index in [1.807, 2.05) is 25.1 Å². The number of hydrogen-bond donors (Lipinski definition) is 0. The van der Waals surface area contributed by atoms with Crippen LogP contribution in [0.15, 0.2) is 29.8 Å². The standard InChI is InChI=1S/C20H19Cl2NO2.22CH4/c1-2-25-18(24)9-12-5-11-6-13(7-12)19-17(8-11)23-16-10-14(21)3-4-15(16)20(19)22;;;;;;;;;;;;;;;;;;;;;;/h3-5,10-11,13H,2,6-9H2,1H3;22*1H4. The average Bonchev–Trinajstić information content (AvgIpc) is 2.54. The van der Waals surface area contributed by atoms with Crippen LogP contribution in [0.5, 0.6) is 0 Å². The van der Waals surface area contributed by atoms with Crippen molar-refractivity contribution in [3.63, 3.8) is 0 Å². The van der Waals surface area contributed by atoms with Crippen LogP contribution in [0.3, 0.4) is 0 Å². The van der Waals surface area contributed by atoms with Crippen LogP contribution in [0.1, 0.15) is 207 Å². The first-order valence-electron chi connectivity index (χ1n) is 8.68. The van der Waals surface area contributed by atoms with Gasteiger partial charge in [0.15, 0.2) is 0 Å². The van der Waals surface area contributed by atoms with Gasteiger partial charge < -0.3 is 4.74 Å². The van der Waals surface area contributed by atoms with E-state index >= 15 is 0 Å². The number of halogens is 2. The van der Waals surface area contributed by atoms with Gasteiger partial charge >= 0.3 is 5.97 Å². The molecule has 2 atom stereocenters. The summed E-state index contributed by atoms with van der Waals surface area (Å²) < 4.78 is 5.10. The minimum atomic E-state index is -0.147. The monoisotopic (exact) mass is 728 g/mol. The Morgan fingerprint density at radius 2 is 1.17 bits per heavy atom. The zero-order valence-corrected chi connectivity index (χ0v) is 15.5. The summed E-state index contributed by atoms with van der Waals surface area (Å²) >= 11 is 12.9. The van der Waals surface area contributed by atoms with Crippen molar-refractivity contribution in [3.05, 3.63) is 51.2 Å². The molecule has 2 bridgehead atoms. The summed E-state index contributed by atoms with van der Waals surface area (Å²) in [6, 6.07) is 5.66. The fraction of sp³-hybridized carbons (Fsp3) is 0.714. The molecule has 1 aromatic heterocycles. The number of carbonyl (C=O) groups excluding carboxylic acids is 1. The van der Waals surface area contributed by atoms with Gasteiger partial charge in [0.25, 0.3) is 0 Å². The van der Waals surface area contributed by atoms with E-state index in [2.05, 4.69) is 6.08 Å². The number of fused-ring (bicyclic) bond motifs is 5. The third-order valence-electron chi connectivity index (χ3n) is 5.11. The number of nitrogens with zero attached hydrogens (tertiary/aromatic N) is 1. The summed E-state index contributed by atoms with van der Waals surface area (Å²) in [5.41, 5.74) is 4.25. The number of esters is 1. The molecule has 2 aliphatic carbocycles. The Hall–Kier alpha value is -1.58. The fourth-order valence-electron chi connectivity index (χ4n) is 4.20. The third-order valence-corrected chi connectivity index (χ3v) is 5.75. The molecule has 1 heterocycles. The van der Waals surface area contributed by atoms with Crippen molar-refractivity contribution >= 4 is 40.1 Å². The van der Waals surface area contributed by atoms with Gasteiger partial charge in [0.05, 0.1) is 23.6 Å². The Bertz CT molecular complexity index is 896. The van der Waals surface area contributed by atoms with Crippen molar-refractivity contribution < 1.29 is 9.53 Å². The number of ether oxygens (including phenoxy) is 1. The van der Waals surface area contributed by atoms with Crippen molar-refractivity contribution in [2.75, 3.05) is 6.61 Å². The molecule has 4 rings (SSSR count). The molecule has 0 N–H and O–H groups in total. The van der Waals surface area contributed by atoms with Crippen molar-refractivity contribution in [3.8, 4) is 0 Å². The molecule has 47 heavy (non-hydrogen) atoms. The van der Waals surface area contributed by atoms with Crippen LogP contribution in [0.4, 0.5) is 0 Å². The summed E-state index contributed by atoms with van der Waals surface area (Å²) in [4.78, 5) is 16.7. The van der Waals surface area contributed by atoms with Crippen LogP contribution in [0.25, 0.3) is 10.9 Å². The molecule has 2 aliphatic rings. The first-order chi connectivity index (χ1) is 12.0. The lowest BCUT2D eigenvalue weighted by atomic mass is 9.71. The Kier molecular flexibility index (Phi) is 147. The third kappa shape index (κ3) is 27.0. The van der Waals surface area contributed by atoms with Gasteiger partial charge in [-0.3, -0.25) is 9.78 Å². The molecule has 0 radical (unpaired) electrons. The van der Waals surface area contributed by atoms with Crippen LogP contribution in [0, 0.1) is 5.92 Å². The molecular weight excluding hydrogens is 621 g/mol. The lowest BCUT2D eigenvalue weighted by Gasteiger charge is -2.35. The SMILES string of the molecule is C.C.C.C.C.C.C.C.C.C.C.C.C.C.C.C.C.C.C.C.C.C.CCOC(=O)CC1=CC2Cc3nc4cc(Cl)ccc4c(Cl)c3C(C1)C2. The molecule has 0 aliphatic heterocycles. The van der Waals surface area contributed by atoms with Crippen LogP contribution in [-0.4, -0.2) is 17.6 Å². The molecule has 3 nitrogen and oxygen atoms in total. The van der Waals surface area contributed by atoms with Gasteiger partial charge in [0.2, 0.25) is 0 Å². The Labute approximate surface area is 319 Å². The van der Waals surface area contributed by atoms with Gasteiger partial charge in [-0.2, -0.15) is 0 Å². The van der Waals surface area contributed by atoms with Crippen LogP contribution >= 0.6 is 23.2 Å². The number of pyridine rings is 1. The Morgan fingerprint density at radius 1 is 0.723 bits per heavy atom. The second kappa shape index (κ2) is 53.9. The van der Waals surface area contributed by atoms with Crippen molar-refractivity contribution in [1.82, 2.24) is 4.98 Å². The van der Waals surface area contributed by atoms with Crippen molar-refractivity contribution in [1.29, 1.82) is 0 Å². The van der Waals surface area contributed by atoms with Gasteiger partial charge in [0, 0.05) is 16.1 Å². The molecule has 2 aromatic rings. The molecule has 2 unspecified atom stereocenters. The molecule has 0 fully saturated rings. The second-order valence-electron chi connectivity index (χ2n) is 6.86. The predicted octanol–water partition coefficient (Wildman–Crippen LogP) is 19.5. The topological polar surface area (TPSA) is 39.2 Å². The van der Waals surface area contributed by atoms with Gasteiger partial charge in [-0.15, -0.1) is 0 Å². The van der Waals surface area contributed by atoms with Gasteiger partial charge in [-0.1, -0.05) is 198 Å². The highest BCUT2D eigenvalue weighted by Gasteiger charge is 2.34. The smallest absolute Gasteiger partial charge is 0.309 e. The predicted molar refractivity (Wildman–Crippen MR) is 248 cm³/mol. The van der Waals surface area contributed by atoms with Gasteiger partial charge in [0.1, 0.15) is 0 Å². The number of aromatic nitrogens is 1. The number of hydrogen-bond acceptors (Lipinski definition) is 3. The molecule has 0 amide bonds. The first kappa shape index (κ1) is 128. The molecular formula is C42H107Cl2NO2. The second-order valence-corrected chi connectivity index (χ2v) is 7.67. The van der Waals surface area contributed by atoms with E-state index in [4.69, 9.17) is 32.9 Å². The minimum Gasteiger partial charge on any atom is -0.466 e. The number of allylic oxidation sites excluding steroid dienone is 1. The van der Waals surface area contributed by atoms with E-state index in [0.717, 1.165) is 52.0 Å². The maximum absolute atomic E-state index is 11.8. The highest BCUT2D eigenvalue weighted by Crippen LogP contribution is 2.47. The highest BCUT2D eigenvalue weighted by atomic mass is 35.5. The van der Waals surface area contributed by atoms with Crippen LogP contribution in [0.2, 0.25) is 10.0 Å². The number of rotatable bonds is 3. The lowest BCUT2D eigenvalue weighted by molar-refractivity contribution is -0.142. The highest BCUT2D eigenvalue weighted by molar-refractivity contribution is 6.37. The summed E-state index contributed by atoms with van der Waals surface area (Å²) in [5, 5.41) is 2.41. The summed E-state index contributed by atoms with van der Waals surface area (Å²) in [6.45, 7) is 2.26. The summed E-state index contributed by atoms with van der Waals surface area (Å²) in [7, 11) is 0. The zero-order valence-electron chi connectivity index (χ0n) is 14.0. The van der Waals surface area contributed by atoms with Crippen LogP contribution in [-0.2, 0) is 16.0 Å². The average molecular weight is 729 g/mol. The largest absolute Gasteiger partial charge is 0.466 e. The lowest BCUT2D eigenvalue weighted by Crippen LogP contribution is -2.24. The molecule has 306 valence electrons. The van der Waals surface area contributed by atoms with Crippen molar-refractivity contribution in [2.24, 2.45) is 5.92 Å². The van der Waals surface area contributed by atoms with Crippen LogP contribution < -0.4 is 0 Å². The quantitative estimate of drug-likeness (QED) is 0.233. The van der Waals surface area contributed by atoms with E-state index in [9.17, 15) is 4.79 Å². The Morgan fingerprint density at radius 3 is 1.60 bits per heavy atom. The molecule has 0 saturated heterocycles. The number of benzene rings is 1. The minimum absolute atomic E-state index is 0. The van der Waals surface area contributed by atoms with Gasteiger partial charge in [-0.05, 0) is 61.8 Å². The molecule has 5 heteroatoms. The van der Waals surface area contributed by atoms with E-state index < -0.39 is 0 Å². The van der Waals surface area contributed by atoms with E-state index in [-0.39, 0.29) is 169 Å². The maximum Gasteiger partial charge on any atom is 0.309 e. The molecule has 1 aromatic carbocycles.